The summed E-state index contributed by atoms with van der Waals surface area (Å²) in [5.74, 6) is 0.0893. The second-order valence-corrected chi connectivity index (χ2v) is 4.50. The highest BCUT2D eigenvalue weighted by Gasteiger charge is 2.27. The first-order valence-electron chi connectivity index (χ1n) is 6.41. The summed E-state index contributed by atoms with van der Waals surface area (Å²) in [6.45, 7) is 1.19. The van der Waals surface area contributed by atoms with Crippen LogP contribution in [0.3, 0.4) is 0 Å². The molecule has 1 amide bonds. The zero-order valence-electron chi connectivity index (χ0n) is 10.8. The molecule has 0 spiro atoms. The predicted molar refractivity (Wildman–Crippen MR) is 68.0 cm³/mol. The lowest BCUT2D eigenvalue weighted by molar-refractivity contribution is 0.0505. The average Bonchev–Trinajstić information content (AvgIpc) is 3.02. The van der Waals surface area contributed by atoms with Gasteiger partial charge in [0.15, 0.2) is 0 Å². The van der Waals surface area contributed by atoms with Crippen LogP contribution in [-0.2, 0) is 0 Å². The molecular weight excluding hydrogens is 260 g/mol. The Morgan fingerprint density at radius 1 is 1.35 bits per heavy atom. The summed E-state index contributed by atoms with van der Waals surface area (Å²) in [5, 5.41) is 6.27. The number of aromatic amines is 1. The minimum Gasteiger partial charge on any atom is -0.458 e. The van der Waals surface area contributed by atoms with Gasteiger partial charge in [-0.2, -0.15) is 5.10 Å². The summed E-state index contributed by atoms with van der Waals surface area (Å²) >= 11 is 0. The second-order valence-electron chi connectivity index (χ2n) is 4.50. The molecule has 1 N–H and O–H groups in total. The van der Waals surface area contributed by atoms with Gasteiger partial charge in [0.1, 0.15) is 12.4 Å². The third-order valence-electron chi connectivity index (χ3n) is 3.10. The van der Waals surface area contributed by atoms with E-state index >= 15 is 0 Å². The van der Waals surface area contributed by atoms with E-state index in [0.29, 0.717) is 19.1 Å². The van der Waals surface area contributed by atoms with Gasteiger partial charge in [-0.15, -0.1) is 0 Å². The highest BCUT2D eigenvalue weighted by atomic mass is 16.5. The van der Waals surface area contributed by atoms with Gasteiger partial charge in [-0.1, -0.05) is 0 Å². The van der Waals surface area contributed by atoms with Crippen molar-refractivity contribution in [1.82, 2.24) is 30.0 Å². The average molecular weight is 274 g/mol. The molecule has 0 saturated carbocycles. The Balaban J connectivity index is 1.63. The van der Waals surface area contributed by atoms with Crippen LogP contribution in [0.5, 0.6) is 6.01 Å². The smallest absolute Gasteiger partial charge is 0.316 e. The number of hydrogen-bond donors (Lipinski definition) is 1. The molecule has 2 aromatic heterocycles. The molecule has 1 saturated heterocycles. The fourth-order valence-electron chi connectivity index (χ4n) is 2.17. The second kappa shape index (κ2) is 5.64. The first-order chi connectivity index (χ1) is 9.83. The molecule has 2 aromatic rings. The van der Waals surface area contributed by atoms with Crippen molar-refractivity contribution in [1.29, 1.82) is 0 Å². The zero-order valence-corrected chi connectivity index (χ0v) is 10.8. The summed E-state index contributed by atoms with van der Waals surface area (Å²) in [6.07, 6.45) is 6.22. The number of hydrogen-bond acceptors (Lipinski definition) is 6. The van der Waals surface area contributed by atoms with E-state index in [9.17, 15) is 4.79 Å². The van der Waals surface area contributed by atoms with Crippen LogP contribution in [0, 0.1) is 0 Å². The fourth-order valence-corrected chi connectivity index (χ4v) is 2.17. The van der Waals surface area contributed by atoms with Crippen molar-refractivity contribution in [3.05, 3.63) is 30.6 Å². The molecule has 1 unspecified atom stereocenters. The Kier molecular flexibility index (Phi) is 3.53. The minimum atomic E-state index is -0.162. The molecule has 0 radical (unpaired) electrons. The molecule has 20 heavy (non-hydrogen) atoms. The van der Waals surface area contributed by atoms with Crippen molar-refractivity contribution < 1.29 is 9.53 Å². The number of nitrogens with zero attached hydrogens (tertiary/aromatic N) is 5. The topological polar surface area (TPSA) is 96.9 Å². The van der Waals surface area contributed by atoms with Crippen LogP contribution in [0.1, 0.15) is 23.5 Å². The number of piperidine rings is 1. The third-order valence-corrected chi connectivity index (χ3v) is 3.10. The van der Waals surface area contributed by atoms with E-state index in [0.717, 1.165) is 12.8 Å². The Morgan fingerprint density at radius 3 is 2.95 bits per heavy atom. The van der Waals surface area contributed by atoms with Crippen molar-refractivity contribution in [2.75, 3.05) is 13.1 Å². The molecule has 0 aromatic carbocycles. The number of amides is 1. The van der Waals surface area contributed by atoms with Gasteiger partial charge in [-0.3, -0.25) is 9.89 Å². The van der Waals surface area contributed by atoms with E-state index in [-0.39, 0.29) is 17.8 Å². The molecule has 0 aliphatic carbocycles. The Morgan fingerprint density at radius 2 is 2.20 bits per heavy atom. The molecule has 1 aliphatic rings. The molecule has 104 valence electrons. The Hall–Kier alpha value is -2.51. The van der Waals surface area contributed by atoms with E-state index in [1.165, 1.54) is 6.33 Å². The van der Waals surface area contributed by atoms with Crippen molar-refractivity contribution in [3.8, 4) is 6.01 Å². The van der Waals surface area contributed by atoms with E-state index in [4.69, 9.17) is 4.74 Å². The van der Waals surface area contributed by atoms with E-state index in [2.05, 4.69) is 25.1 Å². The molecule has 0 bridgehead atoms. The quantitative estimate of drug-likeness (QED) is 0.863. The summed E-state index contributed by atoms with van der Waals surface area (Å²) in [6, 6.07) is 2.07. The molecule has 3 rings (SSSR count). The number of aromatic nitrogens is 5. The van der Waals surface area contributed by atoms with Crippen LogP contribution in [0.25, 0.3) is 0 Å². The molecule has 1 aliphatic heterocycles. The molecule has 8 heteroatoms. The minimum absolute atomic E-state index is 0.0991. The maximum absolute atomic E-state index is 12.2. The van der Waals surface area contributed by atoms with Gasteiger partial charge < -0.3 is 9.64 Å². The molecule has 1 fully saturated rings. The van der Waals surface area contributed by atoms with Crippen LogP contribution >= 0.6 is 0 Å². The lowest BCUT2D eigenvalue weighted by Crippen LogP contribution is -2.44. The van der Waals surface area contributed by atoms with Crippen molar-refractivity contribution in [2.24, 2.45) is 0 Å². The summed E-state index contributed by atoms with van der Waals surface area (Å²) in [5.41, 5.74) is 0. The van der Waals surface area contributed by atoms with Crippen molar-refractivity contribution >= 4 is 5.91 Å². The first-order valence-corrected chi connectivity index (χ1v) is 6.41. The van der Waals surface area contributed by atoms with Crippen LogP contribution in [0.4, 0.5) is 0 Å². The standard InChI is InChI=1S/C12H14N6O2/c19-11(10-15-8-16-17-10)18-6-1-3-9(7-18)20-12-13-4-2-5-14-12/h2,4-5,8-9H,1,3,6-7H2,(H,15,16,17). The highest BCUT2D eigenvalue weighted by Crippen LogP contribution is 2.16. The summed E-state index contributed by atoms with van der Waals surface area (Å²) in [4.78, 5) is 25.8. The largest absolute Gasteiger partial charge is 0.458 e. The van der Waals surface area contributed by atoms with Gasteiger partial charge in [0.25, 0.3) is 5.91 Å². The van der Waals surface area contributed by atoms with Crippen LogP contribution < -0.4 is 4.74 Å². The SMILES string of the molecule is O=C(c1ncn[nH]1)N1CCCC(Oc2ncccn2)C1. The number of likely N-dealkylation sites (tertiary alicyclic amines) is 1. The number of ether oxygens (including phenoxy) is 1. The lowest BCUT2D eigenvalue weighted by Gasteiger charge is -2.31. The van der Waals surface area contributed by atoms with Crippen molar-refractivity contribution in [2.45, 2.75) is 18.9 Å². The number of carbonyl (C=O) groups is 1. The predicted octanol–water partition coefficient (Wildman–Crippen LogP) is 0.278. The summed E-state index contributed by atoms with van der Waals surface area (Å²) in [7, 11) is 0. The van der Waals surface area contributed by atoms with Crippen LogP contribution in [-0.4, -0.2) is 55.1 Å². The van der Waals surface area contributed by atoms with Crippen LogP contribution in [0.2, 0.25) is 0 Å². The van der Waals surface area contributed by atoms with Crippen LogP contribution in [0.15, 0.2) is 24.8 Å². The first kappa shape index (κ1) is 12.5. The maximum Gasteiger partial charge on any atom is 0.316 e. The van der Waals surface area contributed by atoms with Gasteiger partial charge >= 0.3 is 6.01 Å². The maximum atomic E-state index is 12.2. The summed E-state index contributed by atoms with van der Waals surface area (Å²) < 4.78 is 5.69. The normalized spacial score (nSPS) is 18.8. The number of H-pyrrole nitrogens is 1. The zero-order chi connectivity index (χ0) is 13.8. The van der Waals surface area contributed by atoms with Gasteiger partial charge in [0, 0.05) is 18.9 Å². The molecule has 1 atom stereocenters. The Labute approximate surface area is 115 Å². The fraction of sp³-hybridized carbons (Fsp3) is 0.417. The number of rotatable bonds is 3. The molecule has 3 heterocycles. The lowest BCUT2D eigenvalue weighted by atomic mass is 10.1. The van der Waals surface area contributed by atoms with Gasteiger partial charge in [0.2, 0.25) is 5.82 Å². The van der Waals surface area contributed by atoms with Gasteiger partial charge in [0.05, 0.1) is 6.54 Å². The van der Waals surface area contributed by atoms with Crippen molar-refractivity contribution in [3.63, 3.8) is 0 Å². The van der Waals surface area contributed by atoms with E-state index in [1.54, 1.807) is 23.4 Å². The Bertz CT molecular complexity index is 559. The molecule has 8 nitrogen and oxygen atoms in total. The van der Waals surface area contributed by atoms with Gasteiger partial charge in [-0.25, -0.2) is 15.0 Å². The number of carbonyl (C=O) groups excluding carboxylic acids is 1. The monoisotopic (exact) mass is 274 g/mol. The van der Waals surface area contributed by atoms with E-state index in [1.807, 2.05) is 0 Å². The highest BCUT2D eigenvalue weighted by molar-refractivity contribution is 5.90. The molecular formula is C12H14N6O2. The van der Waals surface area contributed by atoms with E-state index < -0.39 is 0 Å². The number of nitrogens with one attached hydrogen (secondary N) is 1. The third kappa shape index (κ3) is 2.73. The van der Waals surface area contributed by atoms with Gasteiger partial charge in [-0.05, 0) is 18.9 Å².